The third-order valence-electron chi connectivity index (χ3n) is 8.25. The Morgan fingerprint density at radius 3 is 1.97 bits per heavy atom. The molecule has 0 unspecified atom stereocenters. The van der Waals surface area contributed by atoms with E-state index in [0.717, 1.165) is 30.1 Å². The van der Waals surface area contributed by atoms with Gasteiger partial charge in [0.2, 0.25) is 0 Å². The molecule has 0 spiro atoms. The summed E-state index contributed by atoms with van der Waals surface area (Å²) in [5.41, 5.74) is 3.12. The smallest absolute Gasteiger partial charge is 0.0908 e. The summed E-state index contributed by atoms with van der Waals surface area (Å²) in [4.78, 5) is 0. The van der Waals surface area contributed by atoms with Gasteiger partial charge in [-0.2, -0.15) is 5.26 Å². The Morgan fingerprint density at radius 1 is 0.806 bits per heavy atom. The summed E-state index contributed by atoms with van der Waals surface area (Å²) in [6.07, 6.45) is 25.7. The third-order valence-corrected chi connectivity index (χ3v) is 8.25. The van der Waals surface area contributed by atoms with Crippen LogP contribution in [0.2, 0.25) is 0 Å². The second kappa shape index (κ2) is 13.8. The van der Waals surface area contributed by atoms with Gasteiger partial charge in [0.1, 0.15) is 0 Å². The molecule has 1 aromatic rings. The number of hydrogen-bond acceptors (Lipinski definition) is 1. The van der Waals surface area contributed by atoms with Gasteiger partial charge >= 0.3 is 0 Å². The zero-order chi connectivity index (χ0) is 21.7. The zero-order valence-electron chi connectivity index (χ0n) is 20.0. The largest absolute Gasteiger partial charge is 0.193 e. The Labute approximate surface area is 192 Å². The van der Waals surface area contributed by atoms with Crippen LogP contribution in [0.5, 0.6) is 0 Å². The maximum atomic E-state index is 8.58. The van der Waals surface area contributed by atoms with E-state index in [2.05, 4.69) is 37.3 Å². The molecule has 0 amide bonds. The van der Waals surface area contributed by atoms with Gasteiger partial charge in [-0.1, -0.05) is 88.6 Å². The molecule has 2 fully saturated rings. The molecule has 31 heavy (non-hydrogen) atoms. The summed E-state index contributed by atoms with van der Waals surface area (Å²) < 4.78 is 0. The number of unbranched alkanes of at least 4 members (excludes halogenated alkanes) is 2. The summed E-state index contributed by atoms with van der Waals surface area (Å²) in [6, 6.07) is 11.8. The van der Waals surface area contributed by atoms with Crippen LogP contribution >= 0.6 is 0 Å². The lowest BCUT2D eigenvalue weighted by Gasteiger charge is -2.32. The molecule has 1 aromatic carbocycles. The molecule has 0 heterocycles. The van der Waals surface area contributed by atoms with E-state index in [1.807, 2.05) is 6.08 Å². The summed E-state index contributed by atoms with van der Waals surface area (Å²) in [6.45, 7) is 2.28. The maximum Gasteiger partial charge on any atom is 0.0908 e. The van der Waals surface area contributed by atoms with Crippen LogP contribution in [-0.4, -0.2) is 0 Å². The minimum atomic E-state index is 0.812. The fourth-order valence-electron chi connectivity index (χ4n) is 6.07. The summed E-state index contributed by atoms with van der Waals surface area (Å²) in [7, 11) is 0. The standard InChI is InChI=1S/C30H45N/c1-2-3-5-8-26-16-20-29(21-17-26)30-22-18-28(19-23-30)15-14-27-12-10-25(11-13-27)9-6-4-7-24-31/h4,7,16-17,20-21,25,27-28,30H,2-3,5-6,8-15,18-19,22-23H2,1H3/b7-4+/t25-,27-,28-,30-. The van der Waals surface area contributed by atoms with Crippen molar-refractivity contribution in [2.75, 3.05) is 0 Å². The van der Waals surface area contributed by atoms with Crippen molar-refractivity contribution < 1.29 is 0 Å². The Kier molecular flexibility index (Phi) is 10.7. The highest BCUT2D eigenvalue weighted by Crippen LogP contribution is 2.40. The highest BCUT2D eigenvalue weighted by molar-refractivity contribution is 5.26. The van der Waals surface area contributed by atoms with Crippen molar-refractivity contribution in [3.8, 4) is 6.07 Å². The first-order chi connectivity index (χ1) is 15.3. The van der Waals surface area contributed by atoms with Crippen LogP contribution < -0.4 is 0 Å². The highest BCUT2D eigenvalue weighted by Gasteiger charge is 2.25. The van der Waals surface area contributed by atoms with E-state index in [-0.39, 0.29) is 0 Å². The van der Waals surface area contributed by atoms with Crippen LogP contribution in [-0.2, 0) is 6.42 Å². The fourth-order valence-corrected chi connectivity index (χ4v) is 6.07. The first kappa shape index (κ1) is 24.1. The number of nitrogens with zero attached hydrogens (tertiary/aromatic N) is 1. The predicted molar refractivity (Wildman–Crippen MR) is 133 cm³/mol. The van der Waals surface area contributed by atoms with Crippen molar-refractivity contribution in [1.29, 1.82) is 5.26 Å². The normalized spacial score (nSPS) is 26.7. The number of rotatable bonds is 11. The Bertz CT molecular complexity index is 663. The van der Waals surface area contributed by atoms with E-state index in [4.69, 9.17) is 5.26 Å². The van der Waals surface area contributed by atoms with Gasteiger partial charge in [0.05, 0.1) is 6.07 Å². The fraction of sp³-hybridized carbons (Fsp3) is 0.700. The molecule has 1 heteroatoms. The van der Waals surface area contributed by atoms with Crippen LogP contribution in [0.1, 0.15) is 120 Å². The second-order valence-corrected chi connectivity index (χ2v) is 10.5. The molecule has 0 N–H and O–H groups in total. The molecule has 0 aliphatic heterocycles. The molecule has 0 radical (unpaired) electrons. The van der Waals surface area contributed by atoms with Gasteiger partial charge in [0.25, 0.3) is 0 Å². The minimum Gasteiger partial charge on any atom is -0.193 e. The maximum absolute atomic E-state index is 8.58. The Hall–Kier alpha value is -1.55. The lowest BCUT2D eigenvalue weighted by molar-refractivity contribution is 0.225. The summed E-state index contributed by atoms with van der Waals surface area (Å²) in [5.74, 6) is 3.70. The van der Waals surface area contributed by atoms with Crippen LogP contribution in [0.4, 0.5) is 0 Å². The average molecular weight is 420 g/mol. The van der Waals surface area contributed by atoms with Gasteiger partial charge in [-0.3, -0.25) is 0 Å². The molecule has 0 saturated heterocycles. The van der Waals surface area contributed by atoms with Gasteiger partial charge in [0.15, 0.2) is 0 Å². The van der Waals surface area contributed by atoms with Gasteiger partial charge in [0, 0.05) is 6.08 Å². The molecule has 0 atom stereocenters. The van der Waals surface area contributed by atoms with E-state index in [1.165, 1.54) is 102 Å². The first-order valence-corrected chi connectivity index (χ1v) is 13.4. The van der Waals surface area contributed by atoms with E-state index >= 15 is 0 Å². The molecule has 170 valence electrons. The summed E-state index contributed by atoms with van der Waals surface area (Å²) in [5, 5.41) is 8.58. The van der Waals surface area contributed by atoms with Crippen LogP contribution in [0.3, 0.4) is 0 Å². The molecule has 2 saturated carbocycles. The van der Waals surface area contributed by atoms with Gasteiger partial charge in [-0.05, 0) is 86.2 Å². The molecule has 2 aliphatic carbocycles. The molecular weight excluding hydrogens is 374 g/mol. The van der Waals surface area contributed by atoms with Crippen molar-refractivity contribution in [2.45, 2.75) is 116 Å². The molecule has 0 aromatic heterocycles. The number of aryl methyl sites for hydroxylation is 1. The van der Waals surface area contributed by atoms with Crippen molar-refractivity contribution >= 4 is 0 Å². The highest BCUT2D eigenvalue weighted by atomic mass is 14.3. The van der Waals surface area contributed by atoms with E-state index in [9.17, 15) is 0 Å². The van der Waals surface area contributed by atoms with Crippen molar-refractivity contribution in [1.82, 2.24) is 0 Å². The zero-order valence-corrected chi connectivity index (χ0v) is 20.0. The van der Waals surface area contributed by atoms with Crippen LogP contribution in [0.15, 0.2) is 36.4 Å². The Balaban J connectivity index is 1.29. The molecule has 2 aliphatic rings. The van der Waals surface area contributed by atoms with Gasteiger partial charge < -0.3 is 0 Å². The average Bonchev–Trinajstić information content (AvgIpc) is 2.82. The molecule has 0 bridgehead atoms. The first-order valence-electron chi connectivity index (χ1n) is 13.4. The summed E-state index contributed by atoms with van der Waals surface area (Å²) >= 11 is 0. The van der Waals surface area contributed by atoms with Gasteiger partial charge in [-0.25, -0.2) is 0 Å². The molecule has 1 nitrogen and oxygen atoms in total. The molecular formula is C30H45N. The van der Waals surface area contributed by atoms with Crippen LogP contribution in [0.25, 0.3) is 0 Å². The monoisotopic (exact) mass is 419 g/mol. The Morgan fingerprint density at radius 2 is 1.39 bits per heavy atom. The topological polar surface area (TPSA) is 23.8 Å². The number of benzene rings is 1. The number of allylic oxidation sites excluding steroid dienone is 2. The SMILES string of the molecule is CCCCCc1ccc([C@H]2CC[C@H](CC[C@H]3CC[C@H](CC/C=C/C#N)CC3)CC2)cc1. The van der Waals surface area contributed by atoms with E-state index < -0.39 is 0 Å². The quantitative estimate of drug-likeness (QED) is 0.259. The predicted octanol–water partition coefficient (Wildman–Crippen LogP) is 9.14. The second-order valence-electron chi connectivity index (χ2n) is 10.5. The van der Waals surface area contributed by atoms with Gasteiger partial charge in [-0.15, -0.1) is 0 Å². The lowest BCUT2D eigenvalue weighted by Crippen LogP contribution is -2.17. The van der Waals surface area contributed by atoms with Crippen molar-refractivity contribution in [2.24, 2.45) is 17.8 Å². The molecule has 3 rings (SSSR count). The minimum absolute atomic E-state index is 0.812. The number of hydrogen-bond donors (Lipinski definition) is 0. The number of nitriles is 1. The van der Waals surface area contributed by atoms with E-state index in [0.29, 0.717) is 0 Å². The van der Waals surface area contributed by atoms with Crippen molar-refractivity contribution in [3.63, 3.8) is 0 Å². The third kappa shape index (κ3) is 8.48. The lowest BCUT2D eigenvalue weighted by atomic mass is 9.74. The van der Waals surface area contributed by atoms with E-state index in [1.54, 1.807) is 11.6 Å². The van der Waals surface area contributed by atoms with Crippen LogP contribution in [0, 0.1) is 29.1 Å². The van der Waals surface area contributed by atoms with Crippen molar-refractivity contribution in [3.05, 3.63) is 47.5 Å².